The summed E-state index contributed by atoms with van der Waals surface area (Å²) in [5.74, 6) is 1.04. The molecule has 21 heavy (non-hydrogen) atoms. The van der Waals surface area contributed by atoms with E-state index >= 15 is 0 Å². The fraction of sp³-hybridized carbons (Fsp3) is 0.667. The second-order valence-electron chi connectivity index (χ2n) is 6.16. The van der Waals surface area contributed by atoms with Gasteiger partial charge in [-0.1, -0.05) is 31.0 Å². The molecule has 2 rings (SSSR count). The topological polar surface area (TPSA) is 24.5 Å². The van der Waals surface area contributed by atoms with Crippen LogP contribution in [0, 0.1) is 6.92 Å². The molecule has 0 aliphatic carbocycles. The van der Waals surface area contributed by atoms with Gasteiger partial charge in [-0.05, 0) is 52.4 Å². The number of rotatable bonds is 7. The van der Waals surface area contributed by atoms with Crippen molar-refractivity contribution in [2.45, 2.75) is 52.1 Å². The van der Waals surface area contributed by atoms with E-state index in [2.05, 4.69) is 49.3 Å². The lowest BCUT2D eigenvalue weighted by molar-refractivity contribution is 0.152. The Morgan fingerprint density at radius 1 is 1.33 bits per heavy atom. The highest BCUT2D eigenvalue weighted by molar-refractivity contribution is 5.36. The van der Waals surface area contributed by atoms with Crippen LogP contribution in [0.15, 0.2) is 18.2 Å². The molecule has 0 radical (unpaired) electrons. The molecular formula is C18H30N2O. The number of nitrogens with zero attached hydrogens (tertiary/aromatic N) is 1. The van der Waals surface area contributed by atoms with Gasteiger partial charge in [0.2, 0.25) is 0 Å². The van der Waals surface area contributed by atoms with Gasteiger partial charge in [0.05, 0.1) is 6.61 Å². The van der Waals surface area contributed by atoms with Crippen molar-refractivity contribution in [1.82, 2.24) is 10.2 Å². The first kappa shape index (κ1) is 16.3. The van der Waals surface area contributed by atoms with Crippen LogP contribution >= 0.6 is 0 Å². The van der Waals surface area contributed by atoms with Crippen molar-refractivity contribution in [2.75, 3.05) is 26.7 Å². The summed E-state index contributed by atoms with van der Waals surface area (Å²) >= 11 is 0. The molecule has 3 heteroatoms. The van der Waals surface area contributed by atoms with Gasteiger partial charge in [-0.3, -0.25) is 0 Å². The zero-order valence-corrected chi connectivity index (χ0v) is 13.8. The van der Waals surface area contributed by atoms with Crippen molar-refractivity contribution in [3.8, 4) is 5.75 Å². The molecule has 1 fully saturated rings. The average molecular weight is 290 g/mol. The van der Waals surface area contributed by atoms with E-state index in [0.717, 1.165) is 31.9 Å². The Morgan fingerprint density at radius 2 is 2.19 bits per heavy atom. The monoisotopic (exact) mass is 290 g/mol. The SMILES string of the molecule is CCNCc1cc(C)ccc1OCCC1CCCCN1C. The van der Waals surface area contributed by atoms with Gasteiger partial charge in [0.15, 0.2) is 0 Å². The molecule has 0 saturated carbocycles. The maximum absolute atomic E-state index is 6.07. The van der Waals surface area contributed by atoms with Crippen LogP contribution in [0.1, 0.15) is 43.7 Å². The van der Waals surface area contributed by atoms with E-state index in [1.54, 1.807) is 0 Å². The first-order valence-electron chi connectivity index (χ1n) is 8.34. The number of piperidine rings is 1. The highest BCUT2D eigenvalue weighted by Gasteiger charge is 2.18. The number of aryl methyl sites for hydroxylation is 1. The third-order valence-electron chi connectivity index (χ3n) is 4.41. The predicted molar refractivity (Wildman–Crippen MR) is 88.9 cm³/mol. The lowest BCUT2D eigenvalue weighted by Gasteiger charge is -2.32. The van der Waals surface area contributed by atoms with Crippen molar-refractivity contribution in [2.24, 2.45) is 0 Å². The molecule has 1 heterocycles. The summed E-state index contributed by atoms with van der Waals surface area (Å²) in [5, 5.41) is 3.39. The van der Waals surface area contributed by atoms with E-state index in [9.17, 15) is 0 Å². The van der Waals surface area contributed by atoms with Crippen molar-refractivity contribution in [3.63, 3.8) is 0 Å². The summed E-state index contributed by atoms with van der Waals surface area (Å²) in [6, 6.07) is 7.18. The van der Waals surface area contributed by atoms with Gasteiger partial charge in [0.25, 0.3) is 0 Å². The summed E-state index contributed by atoms with van der Waals surface area (Å²) in [5.41, 5.74) is 2.57. The van der Waals surface area contributed by atoms with Crippen molar-refractivity contribution in [3.05, 3.63) is 29.3 Å². The Balaban J connectivity index is 1.87. The zero-order chi connectivity index (χ0) is 15.1. The predicted octanol–water partition coefficient (Wildman–Crippen LogP) is 3.36. The molecule has 1 aromatic carbocycles. The van der Waals surface area contributed by atoms with Gasteiger partial charge in [-0.2, -0.15) is 0 Å². The van der Waals surface area contributed by atoms with E-state index in [-0.39, 0.29) is 0 Å². The maximum Gasteiger partial charge on any atom is 0.123 e. The number of hydrogen-bond donors (Lipinski definition) is 1. The summed E-state index contributed by atoms with van der Waals surface area (Å²) in [7, 11) is 2.24. The van der Waals surface area contributed by atoms with Crippen LogP contribution in [-0.2, 0) is 6.54 Å². The molecule has 1 saturated heterocycles. The Kier molecular flexibility index (Phi) is 6.52. The molecule has 0 bridgehead atoms. The summed E-state index contributed by atoms with van der Waals surface area (Å²) in [6.07, 6.45) is 5.16. The van der Waals surface area contributed by atoms with E-state index < -0.39 is 0 Å². The minimum absolute atomic E-state index is 0.696. The van der Waals surface area contributed by atoms with E-state index in [0.29, 0.717) is 6.04 Å². The number of hydrogen-bond acceptors (Lipinski definition) is 3. The molecule has 118 valence electrons. The molecule has 1 aromatic rings. The average Bonchev–Trinajstić information content (AvgIpc) is 2.49. The van der Waals surface area contributed by atoms with Crippen LogP contribution in [0.2, 0.25) is 0 Å². The Morgan fingerprint density at radius 3 is 2.95 bits per heavy atom. The Bertz CT molecular complexity index is 433. The molecule has 0 amide bonds. The quantitative estimate of drug-likeness (QED) is 0.833. The largest absolute Gasteiger partial charge is 0.493 e. The summed E-state index contributed by atoms with van der Waals surface area (Å²) in [4.78, 5) is 2.49. The molecule has 1 unspecified atom stereocenters. The fourth-order valence-corrected chi connectivity index (χ4v) is 3.06. The molecule has 1 atom stereocenters. The number of benzene rings is 1. The number of nitrogens with one attached hydrogen (secondary N) is 1. The van der Waals surface area contributed by atoms with Crippen LogP contribution in [0.25, 0.3) is 0 Å². The zero-order valence-electron chi connectivity index (χ0n) is 13.8. The van der Waals surface area contributed by atoms with Crippen molar-refractivity contribution >= 4 is 0 Å². The van der Waals surface area contributed by atoms with Crippen molar-refractivity contribution in [1.29, 1.82) is 0 Å². The van der Waals surface area contributed by atoms with Crippen LogP contribution in [0.5, 0.6) is 5.75 Å². The second-order valence-corrected chi connectivity index (χ2v) is 6.16. The Labute approximate surface area is 129 Å². The second kappa shape index (κ2) is 8.40. The van der Waals surface area contributed by atoms with Gasteiger partial charge in [0.1, 0.15) is 5.75 Å². The highest BCUT2D eigenvalue weighted by Crippen LogP contribution is 2.22. The fourth-order valence-electron chi connectivity index (χ4n) is 3.06. The first-order valence-corrected chi connectivity index (χ1v) is 8.34. The van der Waals surface area contributed by atoms with Crippen LogP contribution in [0.3, 0.4) is 0 Å². The standard InChI is InChI=1S/C18H30N2O/c1-4-19-14-16-13-15(2)8-9-18(16)21-12-10-17-7-5-6-11-20(17)3/h8-9,13,17,19H,4-7,10-12,14H2,1-3H3. The molecule has 3 nitrogen and oxygen atoms in total. The number of likely N-dealkylation sites (tertiary alicyclic amines) is 1. The molecule has 0 aromatic heterocycles. The Hall–Kier alpha value is -1.06. The maximum atomic E-state index is 6.07. The van der Waals surface area contributed by atoms with Crippen LogP contribution in [-0.4, -0.2) is 37.7 Å². The van der Waals surface area contributed by atoms with Crippen LogP contribution < -0.4 is 10.1 Å². The summed E-state index contributed by atoms with van der Waals surface area (Å²) < 4.78 is 6.07. The van der Waals surface area contributed by atoms with Gasteiger partial charge in [-0.25, -0.2) is 0 Å². The van der Waals surface area contributed by atoms with Gasteiger partial charge in [-0.15, -0.1) is 0 Å². The molecule has 0 spiro atoms. The molecule has 1 N–H and O–H groups in total. The summed E-state index contributed by atoms with van der Waals surface area (Å²) in [6.45, 7) is 8.20. The lowest BCUT2D eigenvalue weighted by atomic mass is 10.0. The smallest absolute Gasteiger partial charge is 0.123 e. The number of ether oxygens (including phenoxy) is 1. The molecule has 1 aliphatic heterocycles. The van der Waals surface area contributed by atoms with Gasteiger partial charge >= 0.3 is 0 Å². The molecular weight excluding hydrogens is 260 g/mol. The van der Waals surface area contributed by atoms with Crippen molar-refractivity contribution < 1.29 is 4.74 Å². The molecule has 1 aliphatic rings. The minimum atomic E-state index is 0.696. The van der Waals surface area contributed by atoms with E-state index in [1.165, 1.54) is 36.9 Å². The van der Waals surface area contributed by atoms with Gasteiger partial charge in [0, 0.05) is 18.2 Å². The van der Waals surface area contributed by atoms with E-state index in [1.807, 2.05) is 0 Å². The lowest BCUT2D eigenvalue weighted by Crippen LogP contribution is -2.37. The first-order chi connectivity index (χ1) is 10.2. The van der Waals surface area contributed by atoms with Crippen LogP contribution in [0.4, 0.5) is 0 Å². The third kappa shape index (κ3) is 5.01. The highest BCUT2D eigenvalue weighted by atomic mass is 16.5. The normalized spacial score (nSPS) is 19.7. The minimum Gasteiger partial charge on any atom is -0.493 e. The van der Waals surface area contributed by atoms with E-state index in [4.69, 9.17) is 4.74 Å². The third-order valence-corrected chi connectivity index (χ3v) is 4.41. The van der Waals surface area contributed by atoms with Gasteiger partial charge < -0.3 is 15.0 Å².